The molecule has 0 fully saturated rings. The number of fused-ring (bicyclic) bond motifs is 2. The van der Waals surface area contributed by atoms with Crippen LogP contribution in [0, 0.1) is 0 Å². The van der Waals surface area contributed by atoms with Crippen LogP contribution in [-0.4, -0.2) is 49.2 Å². The zero-order valence-corrected chi connectivity index (χ0v) is 23.4. The highest BCUT2D eigenvalue weighted by molar-refractivity contribution is 9.09. The first-order valence-corrected chi connectivity index (χ1v) is 13.5. The van der Waals surface area contributed by atoms with Crippen LogP contribution in [0.2, 0.25) is 0 Å². The lowest BCUT2D eigenvalue weighted by Gasteiger charge is -2.19. The Kier molecular flexibility index (Phi) is 7.77. The molecule has 1 aromatic carbocycles. The Morgan fingerprint density at radius 2 is 1.92 bits per heavy atom. The lowest BCUT2D eigenvalue weighted by molar-refractivity contribution is 0.0523. The minimum Gasteiger partial charge on any atom is -0.493 e. The van der Waals surface area contributed by atoms with Crippen LogP contribution in [0.4, 0.5) is 9.59 Å². The Labute approximate surface area is 226 Å². The quantitative estimate of drug-likeness (QED) is 0.146. The van der Waals surface area contributed by atoms with Gasteiger partial charge in [-0.1, -0.05) is 22.5 Å². The molecule has 0 unspecified atom stereocenters. The van der Waals surface area contributed by atoms with E-state index < -0.39 is 17.8 Å². The molecule has 0 aliphatic heterocycles. The second-order valence-corrected chi connectivity index (χ2v) is 11.3. The summed E-state index contributed by atoms with van der Waals surface area (Å²) in [6, 6.07) is 8.94. The maximum Gasteiger partial charge on any atom is 0.435 e. The summed E-state index contributed by atoms with van der Waals surface area (Å²) in [7, 11) is 0. The number of aliphatic hydroxyl groups is 1. The predicted octanol–water partition coefficient (Wildman–Crippen LogP) is 6.68. The molecule has 196 valence electrons. The van der Waals surface area contributed by atoms with Gasteiger partial charge >= 0.3 is 12.2 Å². The standard InChI is InChI=1S/C26H28BrN3O6S/c1-15(2)35-24(32)29-19-12-17(34-10-6-9-27)8-7-16(19)11-20(29)22-23-21(13-18(14-31)37-23)30(28-22)25(33)36-26(3,4)5/h7-8,11-13,31H,1,6,9-10,14H2,2-5H3. The van der Waals surface area contributed by atoms with E-state index in [0.29, 0.717) is 44.4 Å². The summed E-state index contributed by atoms with van der Waals surface area (Å²) in [5.41, 5.74) is 1.08. The van der Waals surface area contributed by atoms with Gasteiger partial charge in [-0.2, -0.15) is 9.78 Å². The number of aliphatic hydroxyl groups excluding tert-OH is 1. The number of nitrogens with zero attached hydrogens (tertiary/aromatic N) is 3. The highest BCUT2D eigenvalue weighted by Crippen LogP contribution is 2.38. The Hall–Kier alpha value is -3.15. The van der Waals surface area contributed by atoms with E-state index >= 15 is 0 Å². The molecular formula is C26H28BrN3O6S. The average molecular weight is 590 g/mol. The molecule has 3 aromatic heterocycles. The summed E-state index contributed by atoms with van der Waals surface area (Å²) < 4.78 is 19.9. The Bertz CT molecular complexity index is 1490. The van der Waals surface area contributed by atoms with Gasteiger partial charge in [-0.15, -0.1) is 11.3 Å². The molecule has 4 rings (SSSR count). The van der Waals surface area contributed by atoms with Crippen LogP contribution in [0.1, 0.15) is 39.0 Å². The van der Waals surface area contributed by atoms with Crippen molar-refractivity contribution in [3.05, 3.63) is 47.5 Å². The second kappa shape index (κ2) is 10.7. The molecule has 3 heterocycles. The average Bonchev–Trinajstić information content (AvgIpc) is 3.48. The molecule has 11 heteroatoms. The Balaban J connectivity index is 1.93. The molecule has 0 saturated carbocycles. The van der Waals surface area contributed by atoms with E-state index in [1.54, 1.807) is 45.9 Å². The third-order valence-corrected chi connectivity index (χ3v) is 6.81. The molecule has 0 atom stereocenters. The van der Waals surface area contributed by atoms with E-state index in [4.69, 9.17) is 14.2 Å². The van der Waals surface area contributed by atoms with Crippen LogP contribution >= 0.6 is 27.3 Å². The number of benzene rings is 1. The number of hydrogen-bond donors (Lipinski definition) is 1. The summed E-state index contributed by atoms with van der Waals surface area (Å²) in [5, 5.41) is 15.9. The summed E-state index contributed by atoms with van der Waals surface area (Å²) in [5.74, 6) is 0.830. The summed E-state index contributed by atoms with van der Waals surface area (Å²) >= 11 is 4.67. The molecule has 0 radical (unpaired) electrons. The van der Waals surface area contributed by atoms with E-state index in [9.17, 15) is 14.7 Å². The SMILES string of the molecule is C=C(C)OC(=O)n1c(-c2nn(C(=O)OC(C)(C)C)c3cc(CO)sc23)cc2ccc(OCCCBr)cc21. The summed E-state index contributed by atoms with van der Waals surface area (Å²) in [4.78, 5) is 26.9. The summed E-state index contributed by atoms with van der Waals surface area (Å²) in [6.45, 7) is 10.9. The Morgan fingerprint density at radius 1 is 1.16 bits per heavy atom. The maximum absolute atomic E-state index is 13.3. The molecule has 0 bridgehead atoms. The van der Waals surface area contributed by atoms with E-state index in [0.717, 1.165) is 21.8 Å². The molecule has 0 spiro atoms. The zero-order valence-electron chi connectivity index (χ0n) is 21.0. The van der Waals surface area contributed by atoms with Crippen molar-refractivity contribution in [2.75, 3.05) is 11.9 Å². The third-order valence-electron chi connectivity index (χ3n) is 5.14. The number of alkyl halides is 1. The number of thiophene rings is 1. The van der Waals surface area contributed by atoms with Crippen molar-refractivity contribution in [3.63, 3.8) is 0 Å². The van der Waals surface area contributed by atoms with Gasteiger partial charge < -0.3 is 19.3 Å². The number of halogens is 1. The second-order valence-electron chi connectivity index (χ2n) is 9.37. The van der Waals surface area contributed by atoms with Crippen LogP contribution in [0.3, 0.4) is 0 Å². The third kappa shape index (κ3) is 5.73. The van der Waals surface area contributed by atoms with Gasteiger partial charge in [0.25, 0.3) is 0 Å². The molecule has 0 amide bonds. The van der Waals surface area contributed by atoms with E-state index in [1.165, 1.54) is 15.9 Å². The lowest BCUT2D eigenvalue weighted by atomic mass is 10.2. The largest absolute Gasteiger partial charge is 0.493 e. The number of rotatable bonds is 7. The minimum absolute atomic E-state index is 0.205. The maximum atomic E-state index is 13.3. The Morgan fingerprint density at radius 3 is 2.57 bits per heavy atom. The minimum atomic E-state index is -0.739. The molecule has 0 saturated heterocycles. The molecule has 37 heavy (non-hydrogen) atoms. The van der Waals surface area contributed by atoms with Gasteiger partial charge in [0.2, 0.25) is 0 Å². The predicted molar refractivity (Wildman–Crippen MR) is 147 cm³/mol. The monoisotopic (exact) mass is 589 g/mol. The van der Waals surface area contributed by atoms with E-state index in [1.807, 2.05) is 12.1 Å². The number of carbonyl (C=O) groups excluding carboxylic acids is 2. The number of ether oxygens (including phenoxy) is 3. The van der Waals surface area contributed by atoms with Gasteiger partial charge in [0, 0.05) is 21.7 Å². The molecule has 9 nitrogen and oxygen atoms in total. The van der Waals surface area contributed by atoms with Gasteiger partial charge in [0.1, 0.15) is 17.0 Å². The first kappa shape index (κ1) is 26.9. The normalized spacial score (nSPS) is 11.7. The van der Waals surface area contributed by atoms with Crippen molar-refractivity contribution in [2.45, 2.75) is 46.3 Å². The molecule has 0 aliphatic carbocycles. The number of allylic oxidation sites excluding steroid dienone is 1. The first-order valence-electron chi connectivity index (χ1n) is 11.6. The van der Waals surface area contributed by atoms with Crippen molar-refractivity contribution in [3.8, 4) is 17.1 Å². The topological polar surface area (TPSA) is 105 Å². The van der Waals surface area contributed by atoms with Crippen LogP contribution in [0.15, 0.2) is 42.7 Å². The molecule has 4 aromatic rings. The van der Waals surface area contributed by atoms with E-state index in [-0.39, 0.29) is 12.4 Å². The summed E-state index contributed by atoms with van der Waals surface area (Å²) in [6.07, 6.45) is -0.511. The lowest BCUT2D eigenvalue weighted by Crippen LogP contribution is -2.27. The smallest absolute Gasteiger partial charge is 0.435 e. The number of aromatic nitrogens is 3. The zero-order chi connectivity index (χ0) is 26.9. The van der Waals surface area contributed by atoms with Crippen molar-refractivity contribution in [1.82, 2.24) is 14.3 Å². The van der Waals surface area contributed by atoms with Crippen LogP contribution < -0.4 is 4.74 Å². The van der Waals surface area contributed by atoms with Crippen LogP contribution in [0.5, 0.6) is 5.75 Å². The van der Waals surface area contributed by atoms with Crippen molar-refractivity contribution in [2.24, 2.45) is 0 Å². The fourth-order valence-electron chi connectivity index (χ4n) is 3.73. The van der Waals surface area contributed by atoms with E-state index in [2.05, 4.69) is 27.6 Å². The van der Waals surface area contributed by atoms with Gasteiger partial charge in [0.05, 0.1) is 40.4 Å². The molecule has 0 aliphatic rings. The van der Waals surface area contributed by atoms with Gasteiger partial charge in [0.15, 0.2) is 0 Å². The highest BCUT2D eigenvalue weighted by Gasteiger charge is 2.28. The fraction of sp³-hybridized carbons (Fsp3) is 0.346. The van der Waals surface area contributed by atoms with Gasteiger partial charge in [-0.05, 0) is 58.4 Å². The van der Waals surface area contributed by atoms with Crippen molar-refractivity contribution < 1.29 is 28.9 Å². The first-order chi connectivity index (χ1) is 17.5. The van der Waals surface area contributed by atoms with Crippen LogP contribution in [-0.2, 0) is 16.1 Å². The van der Waals surface area contributed by atoms with Crippen LogP contribution in [0.25, 0.3) is 32.5 Å². The van der Waals surface area contributed by atoms with Gasteiger partial charge in [-0.25, -0.2) is 14.2 Å². The number of carbonyl (C=O) groups is 2. The highest BCUT2D eigenvalue weighted by atomic mass is 79.9. The van der Waals surface area contributed by atoms with Gasteiger partial charge in [-0.3, -0.25) is 0 Å². The van der Waals surface area contributed by atoms with Crippen molar-refractivity contribution >= 4 is 60.6 Å². The molecule has 1 N–H and O–H groups in total. The fourth-order valence-corrected chi connectivity index (χ4v) is 4.95. The molecular weight excluding hydrogens is 562 g/mol. The van der Waals surface area contributed by atoms with Crippen molar-refractivity contribution in [1.29, 1.82) is 0 Å². The number of hydrogen-bond acceptors (Lipinski definition) is 8.